The molecule has 0 fully saturated rings. The Morgan fingerprint density at radius 1 is 1.10 bits per heavy atom. The van der Waals surface area contributed by atoms with Crippen LogP contribution in [0.2, 0.25) is 0 Å². The number of unbranched alkanes of at least 4 members (excludes halogenated alkanes) is 3. The smallest absolute Gasteiger partial charge is 0.328 e. The molecular weight excluding hydrogens is 262 g/mol. The van der Waals surface area contributed by atoms with E-state index in [1.54, 1.807) is 7.11 Å². The zero-order chi connectivity index (χ0) is 15.2. The van der Waals surface area contributed by atoms with E-state index >= 15 is 0 Å². The molecule has 118 valence electrons. The predicted molar refractivity (Wildman–Crippen MR) is 75.4 cm³/mol. The summed E-state index contributed by atoms with van der Waals surface area (Å²) in [7, 11) is 2.88. The molecule has 0 rings (SSSR count). The van der Waals surface area contributed by atoms with E-state index < -0.39 is 12.0 Å². The van der Waals surface area contributed by atoms with E-state index in [0.717, 1.165) is 25.7 Å². The van der Waals surface area contributed by atoms with Crippen LogP contribution in [0.1, 0.15) is 39.0 Å². The number of rotatable bonds is 12. The number of hydrogen-bond acceptors (Lipinski definition) is 5. The lowest BCUT2D eigenvalue weighted by Gasteiger charge is -2.16. The number of methoxy groups -OCH3 is 2. The van der Waals surface area contributed by atoms with E-state index in [1.807, 2.05) is 0 Å². The topological polar surface area (TPSA) is 73.9 Å². The van der Waals surface area contributed by atoms with Crippen LogP contribution in [0.25, 0.3) is 0 Å². The normalized spacial score (nSPS) is 11.9. The molecule has 0 spiro atoms. The standard InChI is InChI=1S/C14H27NO5/c1-4-5-6-7-8-12(14(17)19-3)15-13(16)11-20-10-9-18-2/h12H,4-11H2,1-3H3,(H,15,16)/t12-/m1/s1. The molecule has 1 N–H and O–H groups in total. The second-order valence-corrected chi connectivity index (χ2v) is 4.54. The van der Waals surface area contributed by atoms with Gasteiger partial charge in [0.1, 0.15) is 12.6 Å². The van der Waals surface area contributed by atoms with Crippen LogP contribution >= 0.6 is 0 Å². The molecule has 0 aromatic heterocycles. The molecule has 0 saturated carbocycles. The van der Waals surface area contributed by atoms with Crippen LogP contribution in [-0.4, -0.2) is 52.0 Å². The van der Waals surface area contributed by atoms with Crippen LogP contribution < -0.4 is 5.32 Å². The van der Waals surface area contributed by atoms with E-state index in [9.17, 15) is 9.59 Å². The Morgan fingerprint density at radius 2 is 1.85 bits per heavy atom. The molecule has 0 aromatic carbocycles. The SMILES string of the molecule is CCCCCC[C@@H](NC(=O)COCCOC)C(=O)OC. The summed E-state index contributed by atoms with van der Waals surface area (Å²) in [6, 6.07) is -0.588. The molecule has 0 radical (unpaired) electrons. The molecule has 0 bridgehead atoms. The zero-order valence-electron chi connectivity index (χ0n) is 12.8. The maximum atomic E-state index is 11.6. The molecule has 20 heavy (non-hydrogen) atoms. The van der Waals surface area contributed by atoms with Gasteiger partial charge in [0, 0.05) is 7.11 Å². The van der Waals surface area contributed by atoms with E-state index in [4.69, 9.17) is 14.2 Å². The van der Waals surface area contributed by atoms with Crippen molar-refractivity contribution in [2.45, 2.75) is 45.1 Å². The minimum Gasteiger partial charge on any atom is -0.467 e. The van der Waals surface area contributed by atoms with Gasteiger partial charge in [-0.05, 0) is 6.42 Å². The van der Waals surface area contributed by atoms with Crippen molar-refractivity contribution in [1.82, 2.24) is 5.32 Å². The maximum absolute atomic E-state index is 11.6. The Labute approximate surface area is 121 Å². The van der Waals surface area contributed by atoms with Gasteiger partial charge in [0.05, 0.1) is 20.3 Å². The molecule has 0 aliphatic rings. The maximum Gasteiger partial charge on any atom is 0.328 e. The highest BCUT2D eigenvalue weighted by Crippen LogP contribution is 2.06. The molecule has 1 atom stereocenters. The van der Waals surface area contributed by atoms with Crippen molar-refractivity contribution in [2.24, 2.45) is 0 Å². The summed E-state index contributed by atoms with van der Waals surface area (Å²) < 4.78 is 14.6. The molecule has 0 aliphatic heterocycles. The Balaban J connectivity index is 4.01. The van der Waals surface area contributed by atoms with Crippen LogP contribution in [0.5, 0.6) is 0 Å². The number of carbonyl (C=O) groups excluding carboxylic acids is 2. The van der Waals surface area contributed by atoms with Crippen LogP contribution in [-0.2, 0) is 23.8 Å². The van der Waals surface area contributed by atoms with Gasteiger partial charge in [0.15, 0.2) is 0 Å². The van der Waals surface area contributed by atoms with Gasteiger partial charge in [-0.15, -0.1) is 0 Å². The summed E-state index contributed by atoms with van der Waals surface area (Å²) in [4.78, 5) is 23.2. The highest BCUT2D eigenvalue weighted by molar-refractivity contribution is 5.84. The van der Waals surface area contributed by atoms with Crippen molar-refractivity contribution in [3.8, 4) is 0 Å². The Bertz CT molecular complexity index is 270. The first-order valence-corrected chi connectivity index (χ1v) is 7.09. The van der Waals surface area contributed by atoms with Crippen molar-refractivity contribution in [1.29, 1.82) is 0 Å². The minimum absolute atomic E-state index is 0.0776. The first-order chi connectivity index (χ1) is 9.65. The zero-order valence-corrected chi connectivity index (χ0v) is 12.8. The van der Waals surface area contributed by atoms with E-state index in [1.165, 1.54) is 7.11 Å². The first-order valence-electron chi connectivity index (χ1n) is 7.09. The number of nitrogens with one attached hydrogen (secondary N) is 1. The summed E-state index contributed by atoms with van der Waals surface area (Å²) in [6.45, 7) is 2.83. The fraction of sp³-hybridized carbons (Fsp3) is 0.857. The highest BCUT2D eigenvalue weighted by Gasteiger charge is 2.20. The second-order valence-electron chi connectivity index (χ2n) is 4.54. The van der Waals surface area contributed by atoms with Crippen LogP contribution in [0.4, 0.5) is 0 Å². The lowest BCUT2D eigenvalue weighted by molar-refractivity contribution is -0.146. The van der Waals surface area contributed by atoms with Crippen LogP contribution in [0.15, 0.2) is 0 Å². The molecule has 6 heteroatoms. The molecule has 0 aromatic rings. The quantitative estimate of drug-likeness (QED) is 0.433. The molecule has 1 amide bonds. The van der Waals surface area contributed by atoms with Crippen molar-refractivity contribution in [3.05, 3.63) is 0 Å². The highest BCUT2D eigenvalue weighted by atomic mass is 16.5. The third kappa shape index (κ3) is 9.75. The third-order valence-electron chi connectivity index (χ3n) is 2.83. The van der Waals surface area contributed by atoms with Gasteiger partial charge in [-0.25, -0.2) is 4.79 Å². The van der Waals surface area contributed by atoms with E-state index in [2.05, 4.69) is 12.2 Å². The molecule has 0 aliphatic carbocycles. The van der Waals surface area contributed by atoms with Crippen molar-refractivity contribution in [2.75, 3.05) is 34.0 Å². The van der Waals surface area contributed by atoms with Crippen molar-refractivity contribution < 1.29 is 23.8 Å². The average molecular weight is 289 g/mol. The van der Waals surface area contributed by atoms with Crippen LogP contribution in [0, 0.1) is 0 Å². The summed E-state index contributed by atoms with van der Waals surface area (Å²) in [5.41, 5.74) is 0. The van der Waals surface area contributed by atoms with Gasteiger partial charge < -0.3 is 19.5 Å². The monoisotopic (exact) mass is 289 g/mol. The molecule has 6 nitrogen and oxygen atoms in total. The summed E-state index contributed by atoms with van der Waals surface area (Å²) in [6.07, 6.45) is 4.78. The van der Waals surface area contributed by atoms with Crippen LogP contribution in [0.3, 0.4) is 0 Å². The lowest BCUT2D eigenvalue weighted by Crippen LogP contribution is -2.43. The number of hydrogen-bond donors (Lipinski definition) is 1. The second kappa shape index (κ2) is 12.9. The molecule has 0 saturated heterocycles. The summed E-state index contributed by atoms with van der Waals surface area (Å²) in [5, 5.41) is 2.64. The largest absolute Gasteiger partial charge is 0.467 e. The molecular formula is C14H27NO5. The first kappa shape index (κ1) is 18.9. The fourth-order valence-corrected chi connectivity index (χ4v) is 1.71. The predicted octanol–water partition coefficient (Wildman–Crippen LogP) is 1.28. The molecule has 0 unspecified atom stereocenters. The van der Waals surface area contributed by atoms with Gasteiger partial charge in [-0.2, -0.15) is 0 Å². The average Bonchev–Trinajstić information content (AvgIpc) is 2.46. The lowest BCUT2D eigenvalue weighted by atomic mass is 10.1. The molecule has 0 heterocycles. The van der Waals surface area contributed by atoms with E-state index in [0.29, 0.717) is 19.6 Å². The summed E-state index contributed by atoms with van der Waals surface area (Å²) in [5.74, 6) is -0.723. The third-order valence-corrected chi connectivity index (χ3v) is 2.83. The van der Waals surface area contributed by atoms with Gasteiger partial charge in [-0.1, -0.05) is 32.6 Å². The van der Waals surface area contributed by atoms with Gasteiger partial charge in [0.2, 0.25) is 5.91 Å². The number of amides is 1. The van der Waals surface area contributed by atoms with Gasteiger partial charge in [0.25, 0.3) is 0 Å². The Kier molecular flexibility index (Phi) is 12.1. The van der Waals surface area contributed by atoms with E-state index in [-0.39, 0.29) is 12.5 Å². The van der Waals surface area contributed by atoms with Gasteiger partial charge in [-0.3, -0.25) is 4.79 Å². The van der Waals surface area contributed by atoms with Gasteiger partial charge >= 0.3 is 5.97 Å². The number of ether oxygens (including phenoxy) is 3. The van der Waals surface area contributed by atoms with Crippen molar-refractivity contribution >= 4 is 11.9 Å². The van der Waals surface area contributed by atoms with Crippen molar-refractivity contribution in [3.63, 3.8) is 0 Å². The minimum atomic E-state index is -0.588. The number of esters is 1. The Hall–Kier alpha value is -1.14. The Morgan fingerprint density at radius 3 is 2.45 bits per heavy atom. The fourth-order valence-electron chi connectivity index (χ4n) is 1.71. The number of carbonyl (C=O) groups is 2. The summed E-state index contributed by atoms with van der Waals surface area (Å²) >= 11 is 0.